The number of hydrogen-bond acceptors (Lipinski definition) is 4. The molecule has 13 nitrogen and oxygen atoms in total. The molecule has 0 radical (unpaired) electrons. The topological polar surface area (TPSA) is 292 Å². The fourth-order valence-corrected chi connectivity index (χ4v) is 5.51. The Hall–Kier alpha value is 0.917. The normalized spacial score (nSPS) is 16.3. The summed E-state index contributed by atoms with van der Waals surface area (Å²) in [7, 11) is -9.20. The first kappa shape index (κ1) is 39.1. The van der Waals surface area contributed by atoms with Gasteiger partial charge in [-0.15, -0.1) is 4.91 Å². The third-order valence-corrected chi connectivity index (χ3v) is 7.52. The average Bonchev–Trinajstić information content (AvgIpc) is 2.36. The molecule has 0 amide bonds. The van der Waals surface area contributed by atoms with Gasteiger partial charge in [-0.25, -0.2) is 5.01 Å². The molecule has 0 aromatic heterocycles. The van der Waals surface area contributed by atoms with E-state index in [1.807, 2.05) is 0 Å². The Balaban J connectivity index is -0.000000120. The van der Waals surface area contributed by atoms with Gasteiger partial charge in [-0.2, -0.15) is 9.13 Å². The number of nitrogens with zero attached hydrogens (tertiary/aromatic N) is 2. The Labute approximate surface area is 162 Å². The molecule has 0 aromatic carbocycles. The Morgan fingerprint density at radius 2 is 1.22 bits per heavy atom. The summed E-state index contributed by atoms with van der Waals surface area (Å²) < 4.78 is 23.5. The van der Waals surface area contributed by atoms with Gasteiger partial charge in [0.25, 0.3) is 0 Å². The van der Waals surface area contributed by atoms with E-state index in [1.54, 1.807) is 0 Å². The van der Waals surface area contributed by atoms with E-state index >= 15 is 0 Å². The molecule has 0 saturated carbocycles. The molecule has 0 unspecified atom stereocenters. The molecule has 1 aliphatic heterocycles. The van der Waals surface area contributed by atoms with Gasteiger partial charge in [-0.05, 0) is 12.8 Å². The molecule has 1 heterocycles. The summed E-state index contributed by atoms with van der Waals surface area (Å²) in [6, 6.07) is 0. The van der Waals surface area contributed by atoms with E-state index in [2.05, 4.69) is 5.29 Å². The van der Waals surface area contributed by atoms with Crippen LogP contribution >= 0.6 is 15.2 Å². The largest absolute Gasteiger partial charge is 4.00 e. The fourth-order valence-electron chi connectivity index (χ4n) is 2.05. The van der Waals surface area contributed by atoms with Gasteiger partial charge in [0.1, 0.15) is 0 Å². The van der Waals surface area contributed by atoms with Crippen LogP contribution in [0.1, 0.15) is 25.7 Å². The van der Waals surface area contributed by atoms with E-state index in [4.69, 9.17) is 19.6 Å². The number of nitrogens with two attached hydrogens (primary N) is 4. The molecule has 0 aliphatic carbocycles. The first-order chi connectivity index (χ1) is 7.67. The fraction of sp³-hybridized carbons (Fsp3) is 1.00. The van der Waals surface area contributed by atoms with Gasteiger partial charge in [0.2, 0.25) is 0 Å². The van der Waals surface area contributed by atoms with E-state index in [0.29, 0.717) is 24.3 Å². The summed E-state index contributed by atoms with van der Waals surface area (Å²) in [5.74, 6) is 0. The van der Waals surface area contributed by atoms with Crippen LogP contribution in [0.4, 0.5) is 0 Å². The predicted molar refractivity (Wildman–Crippen MR) is 84.5 cm³/mol. The van der Waals surface area contributed by atoms with Gasteiger partial charge in [-0.1, -0.05) is 6.42 Å². The summed E-state index contributed by atoms with van der Waals surface area (Å²) in [6.07, 6.45) is 1.30. The summed E-state index contributed by atoms with van der Waals surface area (Å²) in [4.78, 5) is 40.0. The molecule has 17 heteroatoms. The first-order valence-corrected chi connectivity index (χ1v) is 8.40. The van der Waals surface area contributed by atoms with Gasteiger partial charge in [0, 0.05) is 13.0 Å². The van der Waals surface area contributed by atoms with Crippen molar-refractivity contribution in [1.82, 2.24) is 5.01 Å². The molecule has 16 N–H and O–H groups in total. The Bertz CT molecular complexity index is 385. The van der Waals surface area contributed by atoms with Gasteiger partial charge in [-0.3, -0.25) is 0 Å². The van der Waals surface area contributed by atoms with Crippen LogP contribution in [-0.2, 0) is 51.3 Å². The molecule has 0 spiro atoms. The summed E-state index contributed by atoms with van der Waals surface area (Å²) in [6.45, 7) is -0.0208. The van der Waals surface area contributed by atoms with E-state index in [-0.39, 0.29) is 79.7 Å². The predicted octanol–water partition coefficient (Wildman–Crippen LogP) is 2.35. The van der Waals surface area contributed by atoms with E-state index in [9.17, 15) is 14.0 Å². The standard InChI is InChI=1S/C6H14N2O7P2.4H2N.2Pt/c9-7-8-5-3-1-2-4-6(8,16(10,11)12)17(13,14)15;;;;;;/h1-5H2,(H2,10,11,12)(H2,13,14,15);4*1H2;;/q;4*-1;2*+4/p+4. The van der Waals surface area contributed by atoms with Crippen LogP contribution in [0.5, 0.6) is 0 Å². The van der Waals surface area contributed by atoms with Crippen molar-refractivity contribution in [1.29, 1.82) is 0 Å². The molecule has 0 aromatic rings. The second-order valence-electron chi connectivity index (χ2n) is 4.01. The zero-order chi connectivity index (χ0) is 13.3. The molecule has 1 rings (SSSR count). The Kier molecular flexibility index (Phi) is 24.0. The Morgan fingerprint density at radius 1 is 0.826 bits per heavy atom. The van der Waals surface area contributed by atoms with Crippen molar-refractivity contribution < 1.29 is 70.8 Å². The first-order valence-electron chi connectivity index (χ1n) is 4.98. The molecular weight excluding hydrogens is 720 g/mol. The quantitative estimate of drug-likeness (QED) is 0.239. The molecular formula is C6H26N6O7P2Pt2+8. The molecule has 23 heavy (non-hydrogen) atoms. The van der Waals surface area contributed by atoms with Crippen molar-refractivity contribution in [3.8, 4) is 0 Å². The van der Waals surface area contributed by atoms with Gasteiger partial charge in [0.05, 0.1) is 5.29 Å². The number of rotatable bonds is 3. The van der Waals surface area contributed by atoms with Crippen molar-refractivity contribution >= 4 is 15.2 Å². The molecule has 144 valence electrons. The van der Waals surface area contributed by atoms with Crippen LogP contribution in [0, 0.1) is 4.91 Å². The summed E-state index contributed by atoms with van der Waals surface area (Å²) in [5, 5.41) is 0.761. The minimum Gasteiger partial charge on any atom is -0.693 e. The smallest absolute Gasteiger partial charge is 0.693 e. The zero-order valence-corrected chi connectivity index (χ0v) is 18.3. The molecule has 1 aliphatic rings. The second-order valence-corrected chi connectivity index (χ2v) is 8.28. The van der Waals surface area contributed by atoms with Crippen molar-refractivity contribution in [3.05, 3.63) is 29.5 Å². The minimum absolute atomic E-state index is 0. The maximum atomic E-state index is 11.7. The maximum Gasteiger partial charge on any atom is 4.00 e. The van der Waals surface area contributed by atoms with Gasteiger partial charge in [0.15, 0.2) is 0 Å². The third kappa shape index (κ3) is 7.77. The van der Waals surface area contributed by atoms with Crippen LogP contribution in [0.25, 0.3) is 24.6 Å². The van der Waals surface area contributed by atoms with Crippen LogP contribution < -0.4 is 0 Å². The summed E-state index contributed by atoms with van der Waals surface area (Å²) in [5.41, 5.74) is 0. The van der Waals surface area contributed by atoms with Crippen molar-refractivity contribution in [2.45, 2.75) is 30.7 Å². The van der Waals surface area contributed by atoms with Gasteiger partial charge >= 0.3 is 62.3 Å². The van der Waals surface area contributed by atoms with E-state index in [1.165, 1.54) is 0 Å². The molecule has 1 saturated heterocycles. The number of nitroso groups, excluding NO2 is 1. The second kappa shape index (κ2) is 14.1. The molecule has 1 fully saturated rings. The van der Waals surface area contributed by atoms with Crippen LogP contribution in [0.15, 0.2) is 5.29 Å². The molecule has 0 bridgehead atoms. The molecule has 0 atom stereocenters. The van der Waals surface area contributed by atoms with Crippen LogP contribution in [-0.4, -0.2) is 36.1 Å². The van der Waals surface area contributed by atoms with E-state index in [0.717, 1.165) is 0 Å². The Morgan fingerprint density at radius 3 is 1.52 bits per heavy atom. The van der Waals surface area contributed by atoms with Crippen LogP contribution in [0.2, 0.25) is 0 Å². The van der Waals surface area contributed by atoms with Crippen molar-refractivity contribution in [2.75, 3.05) is 6.54 Å². The maximum absolute atomic E-state index is 11.7. The van der Waals surface area contributed by atoms with Crippen LogP contribution in [0.3, 0.4) is 0 Å². The zero-order valence-electron chi connectivity index (χ0n) is 12.0. The SMILES string of the molecule is O=NN1CCCCCC1(P(=O)([OH2+])[OH2+])P(=O)([OH2+])[OH2+].[NH2-].[NH2-].[NH2-].[NH2-].[Pt+4].[Pt+4]. The van der Waals surface area contributed by atoms with Crippen molar-refractivity contribution in [2.24, 2.45) is 5.29 Å². The number of hydrogen-bond donors (Lipinski definition) is 0. The minimum atomic E-state index is -4.60. The average molecular weight is 746 g/mol. The monoisotopic (exact) mass is 746 g/mol. The van der Waals surface area contributed by atoms with E-state index < -0.39 is 20.2 Å². The van der Waals surface area contributed by atoms with Gasteiger partial charge < -0.3 is 44.2 Å². The third-order valence-electron chi connectivity index (χ3n) is 2.90. The summed E-state index contributed by atoms with van der Waals surface area (Å²) >= 11 is 0. The van der Waals surface area contributed by atoms with Crippen molar-refractivity contribution in [3.63, 3.8) is 0 Å².